The second-order valence-corrected chi connectivity index (χ2v) is 6.03. The van der Waals surface area contributed by atoms with Gasteiger partial charge in [0.15, 0.2) is 0 Å². The van der Waals surface area contributed by atoms with Gasteiger partial charge < -0.3 is 0 Å². The molecule has 0 N–H and O–H groups in total. The van der Waals surface area contributed by atoms with E-state index in [4.69, 9.17) is 0 Å². The Kier molecular flexibility index (Phi) is 2.54. The number of nitrogens with zero attached hydrogens (tertiary/aromatic N) is 2. The first-order chi connectivity index (χ1) is 9.81. The average Bonchev–Trinajstić information content (AvgIpc) is 2.85. The zero-order chi connectivity index (χ0) is 13.5. The van der Waals surface area contributed by atoms with Crippen LogP contribution in [0.2, 0.25) is 0 Å². The maximum Gasteiger partial charge on any atom is 0.0907 e. The highest BCUT2D eigenvalue weighted by Gasteiger charge is 2.07. The van der Waals surface area contributed by atoms with Crippen molar-refractivity contribution >= 4 is 32.3 Å². The van der Waals surface area contributed by atoms with Crippen LogP contribution in [-0.2, 0) is 0 Å². The summed E-state index contributed by atoms with van der Waals surface area (Å²) in [7, 11) is 0. The van der Waals surface area contributed by atoms with E-state index in [2.05, 4.69) is 52.4 Å². The minimum atomic E-state index is 1.02. The van der Waals surface area contributed by atoms with Gasteiger partial charge in [0.25, 0.3) is 0 Å². The number of aromatic nitrogens is 2. The molecule has 0 atom stereocenters. The van der Waals surface area contributed by atoms with E-state index in [1.54, 1.807) is 11.3 Å². The number of hydrogen-bond acceptors (Lipinski definition) is 3. The summed E-state index contributed by atoms with van der Waals surface area (Å²) in [5.41, 5.74) is 3.20. The SMILES string of the molecule is Cc1nc2cc(-c3nccc4ccccc34)ccc2s1. The number of hydrogen-bond donors (Lipinski definition) is 0. The quantitative estimate of drug-likeness (QED) is 0.498. The third-order valence-electron chi connectivity index (χ3n) is 3.44. The molecule has 0 radical (unpaired) electrons. The molecule has 0 aliphatic rings. The fraction of sp³-hybridized carbons (Fsp3) is 0.0588. The molecule has 3 heteroatoms. The summed E-state index contributed by atoms with van der Waals surface area (Å²) in [6.07, 6.45) is 1.87. The molecule has 2 aromatic heterocycles. The van der Waals surface area contributed by atoms with Crippen molar-refractivity contribution in [3.63, 3.8) is 0 Å². The Morgan fingerprint density at radius 3 is 2.85 bits per heavy atom. The number of rotatable bonds is 1. The molecule has 0 bridgehead atoms. The van der Waals surface area contributed by atoms with Gasteiger partial charge in [0.2, 0.25) is 0 Å². The van der Waals surface area contributed by atoms with E-state index in [0.717, 1.165) is 21.8 Å². The first kappa shape index (κ1) is 11.6. The minimum absolute atomic E-state index is 1.02. The zero-order valence-electron chi connectivity index (χ0n) is 11.0. The van der Waals surface area contributed by atoms with E-state index in [0.29, 0.717) is 0 Å². The van der Waals surface area contributed by atoms with Crippen LogP contribution in [0.3, 0.4) is 0 Å². The average molecular weight is 276 g/mol. The molecule has 2 heterocycles. The summed E-state index contributed by atoms with van der Waals surface area (Å²) in [6, 6.07) is 16.8. The van der Waals surface area contributed by atoms with Crippen molar-refractivity contribution < 1.29 is 0 Å². The molecular weight excluding hydrogens is 264 g/mol. The summed E-state index contributed by atoms with van der Waals surface area (Å²) >= 11 is 1.73. The summed E-state index contributed by atoms with van der Waals surface area (Å²) < 4.78 is 1.23. The molecule has 0 aliphatic heterocycles. The Hall–Kier alpha value is -2.26. The minimum Gasteiger partial charge on any atom is -0.256 e. The standard InChI is InChI=1S/C17H12N2S/c1-11-19-15-10-13(6-7-16(15)20-11)17-14-5-3-2-4-12(14)8-9-18-17/h2-10H,1H3. The summed E-state index contributed by atoms with van der Waals surface area (Å²) in [5, 5.41) is 3.50. The molecule has 0 saturated heterocycles. The Balaban J connectivity index is 2.00. The molecule has 0 spiro atoms. The maximum atomic E-state index is 4.57. The smallest absolute Gasteiger partial charge is 0.0907 e. The van der Waals surface area contributed by atoms with Gasteiger partial charge in [-0.15, -0.1) is 11.3 Å². The lowest BCUT2D eigenvalue weighted by molar-refractivity contribution is 1.34. The third-order valence-corrected chi connectivity index (χ3v) is 4.39. The van der Waals surface area contributed by atoms with E-state index >= 15 is 0 Å². The fourth-order valence-corrected chi connectivity index (χ4v) is 3.35. The van der Waals surface area contributed by atoms with Crippen molar-refractivity contribution in [2.24, 2.45) is 0 Å². The Bertz CT molecular complexity index is 919. The van der Waals surface area contributed by atoms with Crippen LogP contribution in [0.4, 0.5) is 0 Å². The Morgan fingerprint density at radius 1 is 1.00 bits per heavy atom. The molecule has 96 valence electrons. The summed E-state index contributed by atoms with van der Waals surface area (Å²) in [5.74, 6) is 0. The summed E-state index contributed by atoms with van der Waals surface area (Å²) in [4.78, 5) is 9.14. The number of fused-ring (bicyclic) bond motifs is 2. The first-order valence-electron chi connectivity index (χ1n) is 6.52. The van der Waals surface area contributed by atoms with Gasteiger partial charge in [-0.3, -0.25) is 4.98 Å². The molecule has 4 rings (SSSR count). The predicted octanol–water partition coefficient (Wildman–Crippen LogP) is 4.82. The monoisotopic (exact) mass is 276 g/mol. The van der Waals surface area contributed by atoms with Gasteiger partial charge in [-0.25, -0.2) is 4.98 Å². The second-order valence-electron chi connectivity index (χ2n) is 4.80. The van der Waals surface area contributed by atoms with Crippen LogP contribution in [0.1, 0.15) is 5.01 Å². The zero-order valence-corrected chi connectivity index (χ0v) is 11.8. The molecule has 2 nitrogen and oxygen atoms in total. The first-order valence-corrected chi connectivity index (χ1v) is 7.34. The van der Waals surface area contributed by atoms with Crippen molar-refractivity contribution in [2.45, 2.75) is 6.92 Å². The van der Waals surface area contributed by atoms with Crippen molar-refractivity contribution in [3.05, 3.63) is 59.7 Å². The molecule has 20 heavy (non-hydrogen) atoms. The predicted molar refractivity (Wildman–Crippen MR) is 85.1 cm³/mol. The highest BCUT2D eigenvalue weighted by Crippen LogP contribution is 2.30. The molecule has 0 aliphatic carbocycles. The van der Waals surface area contributed by atoms with Crippen molar-refractivity contribution in [3.8, 4) is 11.3 Å². The van der Waals surface area contributed by atoms with E-state index in [-0.39, 0.29) is 0 Å². The van der Waals surface area contributed by atoms with E-state index in [1.165, 1.54) is 15.5 Å². The maximum absolute atomic E-state index is 4.57. The fourth-order valence-electron chi connectivity index (χ4n) is 2.54. The molecule has 0 amide bonds. The Labute approximate surface area is 120 Å². The van der Waals surface area contributed by atoms with E-state index in [1.807, 2.05) is 19.2 Å². The lowest BCUT2D eigenvalue weighted by Crippen LogP contribution is -1.85. The number of benzene rings is 2. The number of thiazole rings is 1. The number of pyridine rings is 1. The van der Waals surface area contributed by atoms with Crippen molar-refractivity contribution in [1.82, 2.24) is 9.97 Å². The van der Waals surface area contributed by atoms with Gasteiger partial charge in [-0.05, 0) is 30.5 Å². The molecule has 0 saturated carbocycles. The van der Waals surface area contributed by atoms with Crippen LogP contribution in [0.25, 0.3) is 32.2 Å². The van der Waals surface area contributed by atoms with Crippen molar-refractivity contribution in [2.75, 3.05) is 0 Å². The van der Waals surface area contributed by atoms with Gasteiger partial charge in [-0.1, -0.05) is 30.3 Å². The highest BCUT2D eigenvalue weighted by atomic mass is 32.1. The molecule has 4 aromatic rings. The molecule has 0 unspecified atom stereocenters. The van der Waals surface area contributed by atoms with Gasteiger partial charge in [0.1, 0.15) is 0 Å². The second kappa shape index (κ2) is 4.39. The van der Waals surface area contributed by atoms with Crippen LogP contribution in [0.15, 0.2) is 54.7 Å². The lowest BCUT2D eigenvalue weighted by atomic mass is 10.0. The van der Waals surface area contributed by atoms with Crippen LogP contribution < -0.4 is 0 Å². The normalized spacial score (nSPS) is 11.2. The van der Waals surface area contributed by atoms with Crippen molar-refractivity contribution in [1.29, 1.82) is 0 Å². The van der Waals surface area contributed by atoms with Crippen LogP contribution in [0.5, 0.6) is 0 Å². The van der Waals surface area contributed by atoms with Crippen LogP contribution in [0, 0.1) is 6.92 Å². The van der Waals surface area contributed by atoms with Gasteiger partial charge >= 0.3 is 0 Å². The van der Waals surface area contributed by atoms with Gasteiger partial charge in [0, 0.05) is 17.1 Å². The topological polar surface area (TPSA) is 25.8 Å². The molecule has 0 fully saturated rings. The Morgan fingerprint density at radius 2 is 1.90 bits per heavy atom. The highest BCUT2D eigenvalue weighted by molar-refractivity contribution is 7.18. The number of aryl methyl sites for hydroxylation is 1. The molecular formula is C17H12N2S. The summed E-state index contributed by atoms with van der Waals surface area (Å²) in [6.45, 7) is 2.04. The van der Waals surface area contributed by atoms with E-state index < -0.39 is 0 Å². The third kappa shape index (κ3) is 1.79. The van der Waals surface area contributed by atoms with Crippen LogP contribution >= 0.6 is 11.3 Å². The molecule has 2 aromatic carbocycles. The van der Waals surface area contributed by atoms with Crippen LogP contribution in [-0.4, -0.2) is 9.97 Å². The van der Waals surface area contributed by atoms with E-state index in [9.17, 15) is 0 Å². The lowest BCUT2D eigenvalue weighted by Gasteiger charge is -2.05. The van der Waals surface area contributed by atoms with Gasteiger partial charge in [0.05, 0.1) is 20.9 Å². The van der Waals surface area contributed by atoms with Gasteiger partial charge in [-0.2, -0.15) is 0 Å². The largest absolute Gasteiger partial charge is 0.256 e.